The Hall–Kier alpha value is -2.60. The van der Waals surface area contributed by atoms with E-state index in [4.69, 9.17) is 4.74 Å². The maximum Gasteiger partial charge on any atom is 0.416 e. The summed E-state index contributed by atoms with van der Waals surface area (Å²) in [6.45, 7) is 3.34. The van der Waals surface area contributed by atoms with Crippen LogP contribution >= 0.6 is 0 Å². The van der Waals surface area contributed by atoms with E-state index in [0.717, 1.165) is 50.2 Å². The van der Waals surface area contributed by atoms with Crippen LogP contribution in [0.4, 0.5) is 13.2 Å². The van der Waals surface area contributed by atoms with Crippen molar-refractivity contribution in [3.8, 4) is 11.1 Å². The van der Waals surface area contributed by atoms with Crippen LogP contribution in [-0.2, 0) is 15.7 Å². The number of aliphatic hydroxyl groups excluding tert-OH is 1. The normalized spacial score (nSPS) is 20.6. The maximum absolute atomic E-state index is 13.1. The number of hydrogen-bond donors (Lipinski definition) is 1. The molecule has 1 heterocycles. The molecule has 2 aromatic rings. The number of ether oxygens (including phenoxy) is 1. The van der Waals surface area contributed by atoms with Crippen LogP contribution in [0, 0.1) is 18.8 Å². The number of Topliss-reactive ketones (excluding diaryl/α,β-unsaturated/α-hetero) is 1. The molecule has 0 amide bonds. The van der Waals surface area contributed by atoms with Crippen molar-refractivity contribution in [1.82, 2.24) is 0 Å². The summed E-state index contributed by atoms with van der Waals surface area (Å²) in [5.74, 6) is 0.612. The van der Waals surface area contributed by atoms with Gasteiger partial charge in [0.25, 0.3) is 0 Å². The second-order valence-corrected chi connectivity index (χ2v) is 8.92. The minimum absolute atomic E-state index is 0.0857. The lowest BCUT2D eigenvalue weighted by atomic mass is 9.77. The number of aliphatic hydroxyl groups is 1. The average molecular weight is 444 g/mol. The van der Waals surface area contributed by atoms with Gasteiger partial charge in [0.15, 0.2) is 5.78 Å². The lowest BCUT2D eigenvalue weighted by Crippen LogP contribution is -2.24. The van der Waals surface area contributed by atoms with Crippen molar-refractivity contribution in [2.45, 2.75) is 45.2 Å². The number of carbonyl (C=O) groups excluding carboxylic acids is 1. The average Bonchev–Trinajstić information content (AvgIpc) is 2.75. The van der Waals surface area contributed by atoms with Gasteiger partial charge in [-0.05, 0) is 78.5 Å². The zero-order chi connectivity index (χ0) is 22.9. The predicted molar refractivity (Wildman–Crippen MR) is 117 cm³/mol. The first-order valence-corrected chi connectivity index (χ1v) is 11.0. The standard InChI is InChI=1S/C26H27F3O3/c1-16-5-6-20(19-3-2-4-21(14-19)26(27,28)29)15-22(16)25-23(30)12-18(13-24(25)31)11-17-7-9-32-10-8-17/h2-6,14-15,17-18,30H,7-13H2,1H3. The minimum Gasteiger partial charge on any atom is -0.512 e. The highest BCUT2D eigenvalue weighted by atomic mass is 19.4. The summed E-state index contributed by atoms with van der Waals surface area (Å²) in [5.41, 5.74) is 1.98. The lowest BCUT2D eigenvalue weighted by Gasteiger charge is -2.29. The van der Waals surface area contributed by atoms with Crippen molar-refractivity contribution in [1.29, 1.82) is 0 Å². The summed E-state index contributed by atoms with van der Waals surface area (Å²) in [5, 5.41) is 10.8. The largest absolute Gasteiger partial charge is 0.512 e. The molecule has 0 aromatic heterocycles. The zero-order valence-corrected chi connectivity index (χ0v) is 18.0. The van der Waals surface area contributed by atoms with Crippen LogP contribution in [0.5, 0.6) is 0 Å². The van der Waals surface area contributed by atoms with Gasteiger partial charge in [0, 0.05) is 26.1 Å². The van der Waals surface area contributed by atoms with Gasteiger partial charge in [0.05, 0.1) is 11.1 Å². The molecule has 32 heavy (non-hydrogen) atoms. The van der Waals surface area contributed by atoms with Crippen molar-refractivity contribution >= 4 is 11.4 Å². The molecule has 4 rings (SSSR count). The summed E-state index contributed by atoms with van der Waals surface area (Å²) in [6.07, 6.45) is -0.727. The van der Waals surface area contributed by atoms with E-state index in [2.05, 4.69) is 0 Å². The molecule has 2 aromatic carbocycles. The van der Waals surface area contributed by atoms with E-state index in [1.165, 1.54) is 6.07 Å². The highest BCUT2D eigenvalue weighted by molar-refractivity contribution is 6.22. The smallest absolute Gasteiger partial charge is 0.416 e. The first-order chi connectivity index (χ1) is 15.2. The number of hydrogen-bond acceptors (Lipinski definition) is 3. The third-order valence-electron chi connectivity index (χ3n) is 6.56. The predicted octanol–water partition coefficient (Wildman–Crippen LogP) is 6.75. The molecule has 1 saturated heterocycles. The number of carbonyl (C=O) groups is 1. The fraction of sp³-hybridized carbons (Fsp3) is 0.423. The van der Waals surface area contributed by atoms with Gasteiger partial charge >= 0.3 is 6.18 Å². The Labute approximate surface area is 185 Å². The Morgan fingerprint density at radius 2 is 1.72 bits per heavy atom. The molecule has 0 spiro atoms. The van der Waals surface area contributed by atoms with Gasteiger partial charge in [-0.3, -0.25) is 4.79 Å². The van der Waals surface area contributed by atoms with Crippen LogP contribution in [-0.4, -0.2) is 24.1 Å². The summed E-state index contributed by atoms with van der Waals surface area (Å²) in [6, 6.07) is 10.4. The third kappa shape index (κ3) is 4.90. The molecule has 2 aliphatic rings. The van der Waals surface area contributed by atoms with E-state index >= 15 is 0 Å². The van der Waals surface area contributed by atoms with E-state index in [-0.39, 0.29) is 17.5 Å². The maximum atomic E-state index is 13.1. The quantitative estimate of drug-likeness (QED) is 0.568. The van der Waals surface area contributed by atoms with Crippen molar-refractivity contribution in [2.24, 2.45) is 11.8 Å². The van der Waals surface area contributed by atoms with Gasteiger partial charge in [-0.2, -0.15) is 13.2 Å². The van der Waals surface area contributed by atoms with Crippen LogP contribution < -0.4 is 0 Å². The molecule has 170 valence electrons. The summed E-state index contributed by atoms with van der Waals surface area (Å²) in [7, 11) is 0. The summed E-state index contributed by atoms with van der Waals surface area (Å²) in [4.78, 5) is 13.1. The molecule has 0 bridgehead atoms. The fourth-order valence-corrected chi connectivity index (χ4v) is 4.84. The molecular formula is C26H27F3O3. The van der Waals surface area contributed by atoms with Crippen molar-refractivity contribution in [3.05, 3.63) is 64.9 Å². The van der Waals surface area contributed by atoms with Crippen LogP contribution in [0.3, 0.4) is 0 Å². The molecule has 0 radical (unpaired) electrons. The summed E-state index contributed by atoms with van der Waals surface area (Å²) < 4.78 is 44.8. The number of benzene rings is 2. The Balaban J connectivity index is 1.62. The SMILES string of the molecule is Cc1ccc(-c2cccc(C(F)(F)F)c2)cc1C1=C(O)CC(CC2CCOCC2)CC1=O. The highest BCUT2D eigenvalue weighted by Crippen LogP contribution is 2.39. The number of alkyl halides is 3. The van der Waals surface area contributed by atoms with Crippen LogP contribution in [0.15, 0.2) is 48.2 Å². The lowest BCUT2D eigenvalue weighted by molar-refractivity contribution is -0.137. The van der Waals surface area contributed by atoms with Crippen LogP contribution in [0.2, 0.25) is 0 Å². The first kappa shape index (κ1) is 22.6. The van der Waals surface area contributed by atoms with E-state index in [1.54, 1.807) is 24.3 Å². The Kier molecular flexibility index (Phi) is 6.42. The second kappa shape index (κ2) is 9.10. The molecule has 1 atom stereocenters. The molecule has 1 fully saturated rings. The van der Waals surface area contributed by atoms with Crippen molar-refractivity contribution in [2.75, 3.05) is 13.2 Å². The number of halogens is 3. The third-order valence-corrected chi connectivity index (χ3v) is 6.56. The van der Waals surface area contributed by atoms with E-state index in [9.17, 15) is 23.1 Å². The van der Waals surface area contributed by atoms with Gasteiger partial charge < -0.3 is 9.84 Å². The molecular weight excluding hydrogens is 417 g/mol. The molecule has 1 aliphatic carbocycles. The van der Waals surface area contributed by atoms with Gasteiger partial charge in [0.2, 0.25) is 0 Å². The number of allylic oxidation sites excluding steroid dienone is 2. The van der Waals surface area contributed by atoms with Gasteiger partial charge in [-0.25, -0.2) is 0 Å². The number of ketones is 1. The van der Waals surface area contributed by atoms with Crippen LogP contribution in [0.25, 0.3) is 16.7 Å². The topological polar surface area (TPSA) is 46.5 Å². The first-order valence-electron chi connectivity index (χ1n) is 11.0. The molecule has 1 N–H and O–H groups in total. The molecule has 3 nitrogen and oxygen atoms in total. The minimum atomic E-state index is -4.43. The molecule has 1 aliphatic heterocycles. The number of aryl methyl sites for hydroxylation is 1. The van der Waals surface area contributed by atoms with E-state index < -0.39 is 11.7 Å². The van der Waals surface area contributed by atoms with E-state index in [0.29, 0.717) is 41.0 Å². The molecule has 1 unspecified atom stereocenters. The highest BCUT2D eigenvalue weighted by Gasteiger charge is 2.32. The number of rotatable bonds is 4. The van der Waals surface area contributed by atoms with Crippen molar-refractivity contribution in [3.63, 3.8) is 0 Å². The Bertz CT molecular complexity index is 1030. The Morgan fingerprint density at radius 3 is 2.41 bits per heavy atom. The van der Waals surface area contributed by atoms with Gasteiger partial charge in [-0.1, -0.05) is 24.3 Å². The van der Waals surface area contributed by atoms with Crippen molar-refractivity contribution < 1.29 is 27.8 Å². The Morgan fingerprint density at radius 1 is 1.00 bits per heavy atom. The van der Waals surface area contributed by atoms with Crippen LogP contribution in [0.1, 0.15) is 48.8 Å². The second-order valence-electron chi connectivity index (χ2n) is 8.92. The van der Waals surface area contributed by atoms with E-state index in [1.807, 2.05) is 6.92 Å². The zero-order valence-electron chi connectivity index (χ0n) is 18.0. The molecule has 0 saturated carbocycles. The van der Waals surface area contributed by atoms with Gasteiger partial charge in [0.1, 0.15) is 5.76 Å². The monoisotopic (exact) mass is 444 g/mol. The summed E-state index contributed by atoms with van der Waals surface area (Å²) >= 11 is 0. The van der Waals surface area contributed by atoms with Gasteiger partial charge in [-0.15, -0.1) is 0 Å². The molecule has 6 heteroatoms. The fourth-order valence-electron chi connectivity index (χ4n) is 4.84.